The molecule has 3 rings (SSSR count). The smallest absolute Gasteiger partial charge is 0.125 e. The van der Waals surface area contributed by atoms with Crippen LogP contribution in [0.25, 0.3) is 11.1 Å². The van der Waals surface area contributed by atoms with Gasteiger partial charge in [-0.15, -0.1) is 0 Å². The molecule has 0 atom stereocenters. The molecule has 0 amide bonds. The number of nitrogens with zero attached hydrogens (tertiary/aromatic N) is 3. The van der Waals surface area contributed by atoms with E-state index in [1.54, 1.807) is 6.20 Å². The molecular formula is C17H16N4. The van der Waals surface area contributed by atoms with Gasteiger partial charge in [0.15, 0.2) is 0 Å². The van der Waals surface area contributed by atoms with Gasteiger partial charge in [0.05, 0.1) is 0 Å². The molecular weight excluding hydrogens is 260 g/mol. The van der Waals surface area contributed by atoms with Gasteiger partial charge in [0.1, 0.15) is 5.82 Å². The Hall–Kier alpha value is -2.75. The Labute approximate surface area is 123 Å². The molecule has 0 aromatic carbocycles. The third-order valence-electron chi connectivity index (χ3n) is 3.17. The van der Waals surface area contributed by atoms with Crippen molar-refractivity contribution in [3.63, 3.8) is 0 Å². The Balaban J connectivity index is 1.58. The van der Waals surface area contributed by atoms with E-state index in [1.165, 1.54) is 0 Å². The molecule has 0 aliphatic carbocycles. The first-order valence-corrected chi connectivity index (χ1v) is 6.92. The minimum atomic E-state index is 0.816. The molecule has 4 heteroatoms. The molecule has 0 unspecified atom stereocenters. The van der Waals surface area contributed by atoms with Crippen LogP contribution < -0.4 is 5.32 Å². The molecule has 0 spiro atoms. The highest BCUT2D eigenvalue weighted by Gasteiger charge is 1.99. The quantitative estimate of drug-likeness (QED) is 0.777. The molecule has 3 aromatic rings. The van der Waals surface area contributed by atoms with Gasteiger partial charge in [0.25, 0.3) is 0 Å². The SMILES string of the molecule is c1ccc(CCNc2ccc(-c3cccnc3)cn2)nc1. The number of nitrogens with one attached hydrogen (secondary N) is 1. The summed E-state index contributed by atoms with van der Waals surface area (Å²) < 4.78 is 0. The number of hydrogen-bond acceptors (Lipinski definition) is 4. The van der Waals surface area contributed by atoms with Crippen molar-refractivity contribution in [2.45, 2.75) is 6.42 Å². The van der Waals surface area contributed by atoms with Crippen LogP contribution in [-0.2, 0) is 6.42 Å². The molecule has 0 saturated heterocycles. The van der Waals surface area contributed by atoms with Gasteiger partial charge in [-0.25, -0.2) is 4.98 Å². The maximum absolute atomic E-state index is 4.43. The zero-order chi connectivity index (χ0) is 14.3. The van der Waals surface area contributed by atoms with Crippen LogP contribution in [-0.4, -0.2) is 21.5 Å². The number of pyridine rings is 3. The lowest BCUT2D eigenvalue weighted by atomic mass is 10.1. The summed E-state index contributed by atoms with van der Waals surface area (Å²) in [5.41, 5.74) is 3.22. The lowest BCUT2D eigenvalue weighted by Gasteiger charge is -2.06. The Kier molecular flexibility index (Phi) is 4.17. The van der Waals surface area contributed by atoms with Gasteiger partial charge in [0, 0.05) is 54.6 Å². The van der Waals surface area contributed by atoms with Crippen molar-refractivity contribution < 1.29 is 0 Å². The largest absolute Gasteiger partial charge is 0.370 e. The van der Waals surface area contributed by atoms with Crippen LogP contribution in [0.1, 0.15) is 5.69 Å². The monoisotopic (exact) mass is 276 g/mol. The summed E-state index contributed by atoms with van der Waals surface area (Å²) in [7, 11) is 0. The van der Waals surface area contributed by atoms with Gasteiger partial charge in [-0.3, -0.25) is 9.97 Å². The van der Waals surface area contributed by atoms with Crippen LogP contribution >= 0.6 is 0 Å². The van der Waals surface area contributed by atoms with Crippen LogP contribution in [0, 0.1) is 0 Å². The third-order valence-corrected chi connectivity index (χ3v) is 3.17. The minimum Gasteiger partial charge on any atom is -0.370 e. The second kappa shape index (κ2) is 6.61. The van der Waals surface area contributed by atoms with Gasteiger partial charge in [-0.1, -0.05) is 12.1 Å². The van der Waals surface area contributed by atoms with E-state index in [0.29, 0.717) is 0 Å². The predicted molar refractivity (Wildman–Crippen MR) is 83.9 cm³/mol. The van der Waals surface area contributed by atoms with E-state index in [2.05, 4.69) is 20.3 Å². The first kappa shape index (κ1) is 13.2. The number of aromatic nitrogens is 3. The second-order valence-electron chi connectivity index (χ2n) is 4.67. The zero-order valence-electron chi connectivity index (χ0n) is 11.6. The van der Waals surface area contributed by atoms with E-state index in [-0.39, 0.29) is 0 Å². The van der Waals surface area contributed by atoms with Crippen LogP contribution in [0.4, 0.5) is 5.82 Å². The van der Waals surface area contributed by atoms with Crippen LogP contribution in [0.3, 0.4) is 0 Å². The van der Waals surface area contributed by atoms with Crippen molar-refractivity contribution in [1.29, 1.82) is 0 Å². The molecule has 0 bridgehead atoms. The molecule has 21 heavy (non-hydrogen) atoms. The fraction of sp³-hybridized carbons (Fsp3) is 0.118. The highest BCUT2D eigenvalue weighted by Crippen LogP contribution is 2.17. The zero-order valence-corrected chi connectivity index (χ0v) is 11.6. The summed E-state index contributed by atoms with van der Waals surface area (Å²) in [4.78, 5) is 12.8. The fourth-order valence-corrected chi connectivity index (χ4v) is 2.07. The summed E-state index contributed by atoms with van der Waals surface area (Å²) in [6.07, 6.45) is 8.17. The predicted octanol–water partition coefficient (Wildman–Crippen LogP) is 3.19. The molecule has 104 valence electrons. The molecule has 0 radical (unpaired) electrons. The lowest BCUT2D eigenvalue weighted by Crippen LogP contribution is -2.06. The first-order valence-electron chi connectivity index (χ1n) is 6.92. The van der Waals surface area contributed by atoms with E-state index in [0.717, 1.165) is 35.6 Å². The summed E-state index contributed by atoms with van der Waals surface area (Å²) in [6.45, 7) is 0.816. The fourth-order valence-electron chi connectivity index (χ4n) is 2.07. The van der Waals surface area contributed by atoms with Crippen molar-refractivity contribution in [2.24, 2.45) is 0 Å². The highest BCUT2D eigenvalue weighted by molar-refractivity contribution is 5.62. The van der Waals surface area contributed by atoms with Gasteiger partial charge >= 0.3 is 0 Å². The van der Waals surface area contributed by atoms with Crippen molar-refractivity contribution >= 4 is 5.82 Å². The molecule has 0 fully saturated rings. The number of hydrogen-bond donors (Lipinski definition) is 1. The van der Waals surface area contributed by atoms with E-state index < -0.39 is 0 Å². The van der Waals surface area contributed by atoms with E-state index in [4.69, 9.17) is 0 Å². The van der Waals surface area contributed by atoms with Crippen LogP contribution in [0.2, 0.25) is 0 Å². The minimum absolute atomic E-state index is 0.816. The van der Waals surface area contributed by atoms with E-state index in [1.807, 2.05) is 61.1 Å². The molecule has 4 nitrogen and oxygen atoms in total. The number of rotatable bonds is 5. The van der Waals surface area contributed by atoms with Crippen LogP contribution in [0.5, 0.6) is 0 Å². The Morgan fingerprint density at radius 3 is 2.48 bits per heavy atom. The Morgan fingerprint density at radius 2 is 1.76 bits per heavy atom. The van der Waals surface area contributed by atoms with E-state index in [9.17, 15) is 0 Å². The summed E-state index contributed by atoms with van der Waals surface area (Å²) in [6, 6.07) is 13.9. The molecule has 1 N–H and O–H groups in total. The number of anilines is 1. The first-order chi connectivity index (χ1) is 10.4. The molecule has 3 aromatic heterocycles. The normalized spacial score (nSPS) is 10.3. The lowest BCUT2D eigenvalue weighted by molar-refractivity contribution is 0.954. The standard InChI is InChI=1S/C17H16N4/c1-2-10-19-16(5-1)8-11-20-17-7-6-15(13-21-17)14-4-3-9-18-12-14/h1-7,9-10,12-13H,8,11H2,(H,20,21). The Morgan fingerprint density at radius 1 is 0.810 bits per heavy atom. The summed E-state index contributed by atoms with van der Waals surface area (Å²) >= 11 is 0. The van der Waals surface area contributed by atoms with E-state index >= 15 is 0 Å². The van der Waals surface area contributed by atoms with Gasteiger partial charge < -0.3 is 5.32 Å². The third kappa shape index (κ3) is 3.63. The van der Waals surface area contributed by atoms with Gasteiger partial charge in [0.2, 0.25) is 0 Å². The highest BCUT2D eigenvalue weighted by atomic mass is 15.0. The van der Waals surface area contributed by atoms with Crippen molar-refractivity contribution in [1.82, 2.24) is 15.0 Å². The summed E-state index contributed by atoms with van der Waals surface area (Å²) in [5.74, 6) is 0.874. The molecule has 0 aliphatic rings. The molecule has 3 heterocycles. The second-order valence-corrected chi connectivity index (χ2v) is 4.67. The van der Waals surface area contributed by atoms with Crippen molar-refractivity contribution in [3.8, 4) is 11.1 Å². The molecule has 0 saturated carbocycles. The van der Waals surface area contributed by atoms with Crippen LogP contribution in [0.15, 0.2) is 67.3 Å². The average Bonchev–Trinajstić information content (AvgIpc) is 2.57. The average molecular weight is 276 g/mol. The van der Waals surface area contributed by atoms with Crippen molar-refractivity contribution in [2.75, 3.05) is 11.9 Å². The van der Waals surface area contributed by atoms with Gasteiger partial charge in [-0.2, -0.15) is 0 Å². The molecule has 0 aliphatic heterocycles. The summed E-state index contributed by atoms with van der Waals surface area (Å²) in [5, 5.41) is 3.31. The topological polar surface area (TPSA) is 50.7 Å². The maximum Gasteiger partial charge on any atom is 0.125 e. The van der Waals surface area contributed by atoms with Crippen molar-refractivity contribution in [3.05, 3.63) is 72.9 Å². The Bertz CT molecular complexity index is 666. The maximum atomic E-state index is 4.43. The van der Waals surface area contributed by atoms with Gasteiger partial charge in [-0.05, 0) is 30.3 Å².